The van der Waals surface area contributed by atoms with Crippen LogP contribution in [0.15, 0.2) is 42.5 Å². The highest BCUT2D eigenvalue weighted by Gasteiger charge is 2.14. The fraction of sp³-hybridized carbons (Fsp3) is 0.263. The number of hydrogen-bond donors (Lipinski definition) is 1. The molecule has 126 valence electrons. The molecular formula is C19H21NO4. The fourth-order valence-electron chi connectivity index (χ4n) is 2.27. The van der Waals surface area contributed by atoms with Gasteiger partial charge in [0, 0.05) is 0 Å². The molecule has 24 heavy (non-hydrogen) atoms. The normalized spacial score (nSPS) is 10.1. The average molecular weight is 327 g/mol. The molecule has 2 rings (SSSR count). The Morgan fingerprint density at radius 1 is 1.08 bits per heavy atom. The van der Waals surface area contributed by atoms with Crippen molar-refractivity contribution in [2.45, 2.75) is 20.8 Å². The monoisotopic (exact) mass is 327 g/mol. The Hall–Kier alpha value is -2.82. The summed E-state index contributed by atoms with van der Waals surface area (Å²) in [6.07, 6.45) is 0. The van der Waals surface area contributed by atoms with Gasteiger partial charge in [0.05, 0.1) is 17.9 Å². The molecule has 0 bridgehead atoms. The van der Waals surface area contributed by atoms with Crippen LogP contribution in [0.5, 0.6) is 5.75 Å². The molecule has 5 nitrogen and oxygen atoms in total. The summed E-state index contributed by atoms with van der Waals surface area (Å²) >= 11 is 0. The number of esters is 1. The highest BCUT2D eigenvalue weighted by atomic mass is 16.5. The first-order valence-electron chi connectivity index (χ1n) is 7.77. The molecule has 0 unspecified atom stereocenters. The Balaban J connectivity index is 2.01. The van der Waals surface area contributed by atoms with Crippen LogP contribution in [0.1, 0.15) is 28.4 Å². The number of carbonyl (C=O) groups is 2. The van der Waals surface area contributed by atoms with Gasteiger partial charge in [-0.05, 0) is 44.5 Å². The van der Waals surface area contributed by atoms with Crippen molar-refractivity contribution in [3.8, 4) is 5.75 Å². The summed E-state index contributed by atoms with van der Waals surface area (Å²) in [5.74, 6) is -0.148. The van der Waals surface area contributed by atoms with E-state index in [4.69, 9.17) is 9.47 Å². The average Bonchev–Trinajstić information content (AvgIpc) is 2.54. The second-order valence-electron chi connectivity index (χ2n) is 5.37. The SMILES string of the molecule is CCOC(=O)c1ccccc1NC(=O)COc1ccc(C)cc1C. The lowest BCUT2D eigenvalue weighted by Crippen LogP contribution is -2.22. The summed E-state index contributed by atoms with van der Waals surface area (Å²) in [4.78, 5) is 24.0. The molecule has 0 fully saturated rings. The highest BCUT2D eigenvalue weighted by Crippen LogP contribution is 2.19. The molecule has 0 spiro atoms. The maximum Gasteiger partial charge on any atom is 0.340 e. The van der Waals surface area contributed by atoms with Crippen molar-refractivity contribution in [1.29, 1.82) is 0 Å². The Labute approximate surface area is 141 Å². The molecule has 0 aliphatic rings. The molecule has 0 atom stereocenters. The van der Waals surface area contributed by atoms with Crippen LogP contribution in [-0.4, -0.2) is 25.1 Å². The first-order valence-corrected chi connectivity index (χ1v) is 7.77. The van der Waals surface area contributed by atoms with Crippen molar-refractivity contribution in [3.05, 3.63) is 59.2 Å². The minimum atomic E-state index is -0.469. The summed E-state index contributed by atoms with van der Waals surface area (Å²) < 4.78 is 10.5. The number of carbonyl (C=O) groups excluding carboxylic acids is 2. The van der Waals surface area contributed by atoms with Gasteiger partial charge >= 0.3 is 5.97 Å². The van der Waals surface area contributed by atoms with Crippen molar-refractivity contribution in [2.24, 2.45) is 0 Å². The standard InChI is InChI=1S/C19H21NO4/c1-4-23-19(22)15-7-5-6-8-16(15)20-18(21)12-24-17-10-9-13(2)11-14(17)3/h5-11H,4,12H2,1-3H3,(H,20,21). The summed E-state index contributed by atoms with van der Waals surface area (Å²) in [7, 11) is 0. The highest BCUT2D eigenvalue weighted by molar-refractivity contribution is 6.01. The zero-order valence-corrected chi connectivity index (χ0v) is 14.1. The van der Waals surface area contributed by atoms with Crippen molar-refractivity contribution in [2.75, 3.05) is 18.5 Å². The predicted octanol–water partition coefficient (Wildman–Crippen LogP) is 3.50. The predicted molar refractivity (Wildman–Crippen MR) is 92.4 cm³/mol. The van der Waals surface area contributed by atoms with Crippen LogP contribution < -0.4 is 10.1 Å². The van der Waals surface area contributed by atoms with Gasteiger partial charge < -0.3 is 14.8 Å². The molecule has 0 saturated carbocycles. The van der Waals surface area contributed by atoms with Gasteiger partial charge in [-0.1, -0.05) is 29.8 Å². The quantitative estimate of drug-likeness (QED) is 0.825. The molecule has 1 N–H and O–H groups in total. The Morgan fingerprint density at radius 3 is 2.54 bits per heavy atom. The largest absolute Gasteiger partial charge is 0.483 e. The fourth-order valence-corrected chi connectivity index (χ4v) is 2.27. The van der Waals surface area contributed by atoms with Gasteiger partial charge in [-0.2, -0.15) is 0 Å². The van der Waals surface area contributed by atoms with Crippen LogP contribution >= 0.6 is 0 Å². The molecule has 1 amide bonds. The zero-order valence-electron chi connectivity index (χ0n) is 14.1. The summed E-state index contributed by atoms with van der Waals surface area (Å²) in [5, 5.41) is 2.69. The molecule has 0 heterocycles. The van der Waals surface area contributed by atoms with Crippen LogP contribution in [0.4, 0.5) is 5.69 Å². The lowest BCUT2D eigenvalue weighted by Gasteiger charge is -2.12. The van der Waals surface area contributed by atoms with E-state index in [1.807, 2.05) is 32.0 Å². The van der Waals surface area contributed by atoms with E-state index >= 15 is 0 Å². The topological polar surface area (TPSA) is 64.6 Å². The number of amides is 1. The van der Waals surface area contributed by atoms with Gasteiger partial charge in [0.2, 0.25) is 0 Å². The van der Waals surface area contributed by atoms with Crippen LogP contribution in [0.2, 0.25) is 0 Å². The molecule has 0 aliphatic carbocycles. The molecule has 0 radical (unpaired) electrons. The smallest absolute Gasteiger partial charge is 0.340 e. The van der Waals surface area contributed by atoms with Gasteiger partial charge in [0.25, 0.3) is 5.91 Å². The molecule has 5 heteroatoms. The van der Waals surface area contributed by atoms with Crippen LogP contribution in [0.25, 0.3) is 0 Å². The summed E-state index contributed by atoms with van der Waals surface area (Å²) in [6.45, 7) is 5.79. The van der Waals surface area contributed by atoms with Crippen molar-refractivity contribution >= 4 is 17.6 Å². The van der Waals surface area contributed by atoms with Gasteiger partial charge in [-0.15, -0.1) is 0 Å². The van der Waals surface area contributed by atoms with E-state index < -0.39 is 5.97 Å². The van der Waals surface area contributed by atoms with E-state index in [0.717, 1.165) is 11.1 Å². The molecule has 2 aromatic carbocycles. The molecule has 0 saturated heterocycles. The van der Waals surface area contributed by atoms with E-state index in [2.05, 4.69) is 5.32 Å². The number of hydrogen-bond acceptors (Lipinski definition) is 4. The van der Waals surface area contributed by atoms with Crippen LogP contribution in [0, 0.1) is 13.8 Å². The number of anilines is 1. The summed E-state index contributed by atoms with van der Waals surface area (Å²) in [6, 6.07) is 12.5. The second-order valence-corrected chi connectivity index (χ2v) is 5.37. The van der Waals surface area contributed by atoms with E-state index in [1.54, 1.807) is 31.2 Å². The third kappa shape index (κ3) is 4.59. The molecular weight excluding hydrogens is 306 g/mol. The number of para-hydroxylation sites is 1. The van der Waals surface area contributed by atoms with Gasteiger partial charge in [0.1, 0.15) is 5.75 Å². The third-order valence-electron chi connectivity index (χ3n) is 3.39. The first-order chi connectivity index (χ1) is 11.5. The number of nitrogens with one attached hydrogen (secondary N) is 1. The minimum Gasteiger partial charge on any atom is -0.483 e. The number of benzene rings is 2. The van der Waals surface area contributed by atoms with Crippen molar-refractivity contribution < 1.29 is 19.1 Å². The molecule has 0 aliphatic heterocycles. The minimum absolute atomic E-state index is 0.138. The Kier molecular flexibility index (Phi) is 5.95. The maximum atomic E-state index is 12.1. The third-order valence-corrected chi connectivity index (χ3v) is 3.39. The van der Waals surface area contributed by atoms with Gasteiger partial charge in [-0.3, -0.25) is 4.79 Å². The lowest BCUT2D eigenvalue weighted by atomic mass is 10.1. The lowest BCUT2D eigenvalue weighted by molar-refractivity contribution is -0.118. The Morgan fingerprint density at radius 2 is 1.83 bits per heavy atom. The van der Waals surface area contributed by atoms with Gasteiger partial charge in [0.15, 0.2) is 6.61 Å². The molecule has 2 aromatic rings. The number of ether oxygens (including phenoxy) is 2. The Bertz CT molecular complexity index is 740. The van der Waals surface area contributed by atoms with Gasteiger partial charge in [-0.25, -0.2) is 4.79 Å². The number of aryl methyl sites for hydroxylation is 2. The zero-order chi connectivity index (χ0) is 17.5. The van der Waals surface area contributed by atoms with Crippen LogP contribution in [-0.2, 0) is 9.53 Å². The van der Waals surface area contributed by atoms with Crippen LogP contribution in [0.3, 0.4) is 0 Å². The van der Waals surface area contributed by atoms with Crippen molar-refractivity contribution in [3.63, 3.8) is 0 Å². The van der Waals surface area contributed by atoms with E-state index in [-0.39, 0.29) is 19.1 Å². The number of rotatable bonds is 6. The van der Waals surface area contributed by atoms with E-state index in [1.165, 1.54) is 0 Å². The maximum absolute atomic E-state index is 12.1. The summed E-state index contributed by atoms with van der Waals surface area (Å²) in [5.41, 5.74) is 2.83. The van der Waals surface area contributed by atoms with E-state index in [9.17, 15) is 9.59 Å². The van der Waals surface area contributed by atoms with E-state index in [0.29, 0.717) is 17.0 Å². The molecule has 0 aromatic heterocycles. The first kappa shape index (κ1) is 17.5. The van der Waals surface area contributed by atoms with Crippen molar-refractivity contribution in [1.82, 2.24) is 0 Å². The second kappa shape index (κ2) is 8.15.